The standard InChI is InChI=1S/C19H20N4O4S2/c1-13-3-5-16(11-14(13)2)29(26,27)22-9-7-21(8-10-22)19-20-17-6-4-15(23(24)25)12-18(17)28-19/h3-6,11-12H,7-10H2,1-2H3. The topological polar surface area (TPSA) is 96.7 Å². The van der Waals surface area contributed by atoms with Gasteiger partial charge in [-0.3, -0.25) is 10.1 Å². The molecular weight excluding hydrogens is 412 g/mol. The van der Waals surface area contributed by atoms with E-state index >= 15 is 0 Å². The molecular formula is C19H20N4O4S2. The van der Waals surface area contributed by atoms with Gasteiger partial charge in [0.1, 0.15) is 0 Å². The summed E-state index contributed by atoms with van der Waals surface area (Å²) in [5.41, 5.74) is 2.76. The molecule has 0 amide bonds. The number of benzene rings is 2. The highest BCUT2D eigenvalue weighted by atomic mass is 32.2. The first-order valence-electron chi connectivity index (χ1n) is 9.13. The minimum Gasteiger partial charge on any atom is -0.345 e. The van der Waals surface area contributed by atoms with Crippen LogP contribution >= 0.6 is 11.3 Å². The Kier molecular flexibility index (Phi) is 5.01. The van der Waals surface area contributed by atoms with Gasteiger partial charge in [-0.05, 0) is 43.2 Å². The zero-order chi connectivity index (χ0) is 20.8. The van der Waals surface area contributed by atoms with E-state index in [0.29, 0.717) is 36.6 Å². The molecule has 152 valence electrons. The van der Waals surface area contributed by atoms with Gasteiger partial charge in [-0.1, -0.05) is 17.4 Å². The number of hydrogen-bond acceptors (Lipinski definition) is 7. The van der Waals surface area contributed by atoms with Crippen LogP contribution in [0.15, 0.2) is 41.3 Å². The normalized spacial score (nSPS) is 15.7. The molecule has 1 fully saturated rings. The Morgan fingerprint density at radius 3 is 2.41 bits per heavy atom. The fourth-order valence-corrected chi connectivity index (χ4v) is 5.85. The molecule has 1 aliphatic heterocycles. The maximum atomic E-state index is 13.0. The van der Waals surface area contributed by atoms with E-state index in [1.165, 1.54) is 27.8 Å². The zero-order valence-electron chi connectivity index (χ0n) is 16.0. The van der Waals surface area contributed by atoms with Gasteiger partial charge in [-0.2, -0.15) is 4.31 Å². The summed E-state index contributed by atoms with van der Waals surface area (Å²) in [6.45, 7) is 5.63. The number of nitro groups is 1. The monoisotopic (exact) mass is 432 g/mol. The van der Waals surface area contributed by atoms with Gasteiger partial charge in [-0.15, -0.1) is 0 Å². The lowest BCUT2D eigenvalue weighted by Gasteiger charge is -2.33. The van der Waals surface area contributed by atoms with Crippen LogP contribution in [0.5, 0.6) is 0 Å². The molecule has 3 aromatic rings. The van der Waals surface area contributed by atoms with Gasteiger partial charge >= 0.3 is 0 Å². The summed E-state index contributed by atoms with van der Waals surface area (Å²) < 4.78 is 28.2. The second-order valence-corrected chi connectivity index (χ2v) is 9.99. The number of aryl methyl sites for hydroxylation is 2. The molecule has 0 spiro atoms. The summed E-state index contributed by atoms with van der Waals surface area (Å²) in [6, 6.07) is 9.82. The molecule has 4 rings (SSSR count). The van der Waals surface area contributed by atoms with Crippen LogP contribution in [0.4, 0.5) is 10.8 Å². The number of piperazine rings is 1. The van der Waals surface area contributed by atoms with E-state index in [1.807, 2.05) is 24.8 Å². The molecule has 0 aliphatic carbocycles. The van der Waals surface area contributed by atoms with Crippen molar-refractivity contribution in [2.75, 3.05) is 31.1 Å². The number of sulfonamides is 1. The van der Waals surface area contributed by atoms with Gasteiger partial charge in [0.2, 0.25) is 10.0 Å². The van der Waals surface area contributed by atoms with Crippen LogP contribution in [0.1, 0.15) is 11.1 Å². The van der Waals surface area contributed by atoms with Crippen LogP contribution in [-0.4, -0.2) is 48.8 Å². The molecule has 0 saturated carbocycles. The molecule has 1 saturated heterocycles. The van der Waals surface area contributed by atoms with Gasteiger partial charge in [0.15, 0.2) is 5.13 Å². The molecule has 29 heavy (non-hydrogen) atoms. The molecule has 8 nitrogen and oxygen atoms in total. The van der Waals surface area contributed by atoms with Gasteiger partial charge in [0.05, 0.1) is 20.0 Å². The van der Waals surface area contributed by atoms with Crippen LogP contribution in [0.3, 0.4) is 0 Å². The molecule has 1 aromatic heterocycles. The van der Waals surface area contributed by atoms with Crippen molar-refractivity contribution in [2.24, 2.45) is 0 Å². The van der Waals surface area contributed by atoms with Crippen molar-refractivity contribution in [2.45, 2.75) is 18.7 Å². The molecule has 1 aliphatic rings. The summed E-state index contributed by atoms with van der Waals surface area (Å²) in [5, 5.41) is 11.7. The smallest absolute Gasteiger partial charge is 0.270 e. The third-order valence-corrected chi connectivity index (χ3v) is 8.17. The van der Waals surface area contributed by atoms with Crippen LogP contribution in [-0.2, 0) is 10.0 Å². The predicted molar refractivity (Wildman–Crippen MR) is 113 cm³/mol. The van der Waals surface area contributed by atoms with Crippen molar-refractivity contribution in [3.63, 3.8) is 0 Å². The van der Waals surface area contributed by atoms with Crippen LogP contribution in [0.25, 0.3) is 10.2 Å². The average Bonchev–Trinajstić information content (AvgIpc) is 3.13. The SMILES string of the molecule is Cc1ccc(S(=O)(=O)N2CCN(c3nc4ccc([N+](=O)[O-])cc4s3)CC2)cc1C. The van der Waals surface area contributed by atoms with E-state index in [2.05, 4.69) is 4.98 Å². The first-order chi connectivity index (χ1) is 13.8. The lowest BCUT2D eigenvalue weighted by atomic mass is 10.1. The first kappa shape index (κ1) is 19.7. The van der Waals surface area contributed by atoms with Crippen LogP contribution in [0.2, 0.25) is 0 Å². The number of anilines is 1. The van der Waals surface area contributed by atoms with Gasteiger partial charge < -0.3 is 4.90 Å². The Morgan fingerprint density at radius 2 is 1.76 bits per heavy atom. The quantitative estimate of drug-likeness (QED) is 0.463. The van der Waals surface area contributed by atoms with Crippen molar-refractivity contribution in [1.82, 2.24) is 9.29 Å². The molecule has 2 aromatic carbocycles. The summed E-state index contributed by atoms with van der Waals surface area (Å²) in [6.07, 6.45) is 0. The number of aromatic nitrogens is 1. The van der Waals surface area contributed by atoms with E-state index < -0.39 is 14.9 Å². The predicted octanol–water partition coefficient (Wildman–Crippen LogP) is 3.33. The van der Waals surface area contributed by atoms with Gasteiger partial charge in [0, 0.05) is 38.3 Å². The van der Waals surface area contributed by atoms with Crippen molar-refractivity contribution in [3.05, 3.63) is 57.6 Å². The highest BCUT2D eigenvalue weighted by Crippen LogP contribution is 2.32. The van der Waals surface area contributed by atoms with Crippen molar-refractivity contribution in [1.29, 1.82) is 0 Å². The molecule has 0 N–H and O–H groups in total. The molecule has 0 bridgehead atoms. The molecule has 0 radical (unpaired) electrons. The Labute approximate surface area is 172 Å². The van der Waals surface area contributed by atoms with Crippen molar-refractivity contribution >= 4 is 42.4 Å². The molecule has 0 unspecified atom stereocenters. The third-order valence-electron chi connectivity index (χ3n) is 5.20. The number of non-ortho nitro benzene ring substituents is 1. The number of nitrogens with zero attached hydrogens (tertiary/aromatic N) is 4. The molecule has 0 atom stereocenters. The minimum atomic E-state index is -3.53. The van der Waals surface area contributed by atoms with Crippen LogP contribution in [0, 0.1) is 24.0 Å². The average molecular weight is 433 g/mol. The lowest BCUT2D eigenvalue weighted by Crippen LogP contribution is -2.48. The summed E-state index contributed by atoms with van der Waals surface area (Å²) in [5.74, 6) is 0. The van der Waals surface area contributed by atoms with Crippen LogP contribution < -0.4 is 4.90 Å². The third kappa shape index (κ3) is 3.70. The first-order valence-corrected chi connectivity index (χ1v) is 11.4. The van der Waals surface area contributed by atoms with E-state index in [0.717, 1.165) is 21.0 Å². The van der Waals surface area contributed by atoms with E-state index in [9.17, 15) is 18.5 Å². The fourth-order valence-electron chi connectivity index (χ4n) is 3.29. The maximum absolute atomic E-state index is 13.0. The highest BCUT2D eigenvalue weighted by molar-refractivity contribution is 7.89. The minimum absolute atomic E-state index is 0.0389. The number of fused-ring (bicyclic) bond motifs is 1. The Balaban J connectivity index is 1.51. The zero-order valence-corrected chi connectivity index (χ0v) is 17.7. The lowest BCUT2D eigenvalue weighted by molar-refractivity contribution is -0.384. The van der Waals surface area contributed by atoms with Gasteiger partial charge in [-0.25, -0.2) is 13.4 Å². The number of hydrogen-bond donors (Lipinski definition) is 0. The van der Waals surface area contributed by atoms with Crippen molar-refractivity contribution < 1.29 is 13.3 Å². The summed E-state index contributed by atoms with van der Waals surface area (Å²) in [4.78, 5) is 17.4. The van der Waals surface area contributed by atoms with E-state index in [4.69, 9.17) is 0 Å². The second-order valence-electron chi connectivity index (χ2n) is 7.04. The fraction of sp³-hybridized carbons (Fsp3) is 0.316. The van der Waals surface area contributed by atoms with E-state index in [1.54, 1.807) is 18.2 Å². The summed E-state index contributed by atoms with van der Waals surface area (Å²) >= 11 is 1.39. The number of nitro benzene ring substituents is 1. The largest absolute Gasteiger partial charge is 0.345 e. The molecule has 2 heterocycles. The van der Waals surface area contributed by atoms with Gasteiger partial charge in [0.25, 0.3) is 5.69 Å². The van der Waals surface area contributed by atoms with E-state index in [-0.39, 0.29) is 5.69 Å². The highest BCUT2D eigenvalue weighted by Gasteiger charge is 2.29. The number of thiazole rings is 1. The second kappa shape index (κ2) is 7.36. The van der Waals surface area contributed by atoms with Crippen molar-refractivity contribution in [3.8, 4) is 0 Å². The summed E-state index contributed by atoms with van der Waals surface area (Å²) in [7, 11) is -3.53. The Hall–Kier alpha value is -2.56. The Bertz CT molecular complexity index is 1200. The maximum Gasteiger partial charge on any atom is 0.270 e. The number of rotatable bonds is 4. The molecule has 10 heteroatoms. The Morgan fingerprint density at radius 1 is 1.03 bits per heavy atom.